The molecule has 0 fully saturated rings. The molecule has 0 bridgehead atoms. The van der Waals surface area contributed by atoms with Gasteiger partial charge in [0.2, 0.25) is 5.88 Å². The molecule has 0 unspecified atom stereocenters. The molecule has 30 heavy (non-hydrogen) atoms. The third-order valence-electron chi connectivity index (χ3n) is 4.51. The average molecular weight is 430 g/mol. The van der Waals surface area contributed by atoms with Crippen LogP contribution < -0.4 is 14.8 Å². The van der Waals surface area contributed by atoms with E-state index in [1.165, 1.54) is 24.1 Å². The Labute approximate surface area is 175 Å². The highest BCUT2D eigenvalue weighted by Gasteiger charge is 2.24. The van der Waals surface area contributed by atoms with Gasteiger partial charge < -0.3 is 10.1 Å². The topological polar surface area (TPSA) is 115 Å². The smallest absolute Gasteiger partial charge is 0.273 e. The number of para-hydroxylation sites is 1. The lowest BCUT2D eigenvalue weighted by Crippen LogP contribution is -2.19. The molecule has 1 aromatic carbocycles. The lowest BCUT2D eigenvalue weighted by atomic mass is 10.1. The van der Waals surface area contributed by atoms with Gasteiger partial charge in [0.1, 0.15) is 5.69 Å². The predicted molar refractivity (Wildman–Crippen MR) is 113 cm³/mol. The van der Waals surface area contributed by atoms with E-state index in [0.717, 1.165) is 11.1 Å². The number of nitrogens with one attached hydrogen (secondary N) is 2. The van der Waals surface area contributed by atoms with Gasteiger partial charge in [-0.3, -0.25) is 14.2 Å². The minimum absolute atomic E-state index is 0.0804. The van der Waals surface area contributed by atoms with Crippen LogP contribution in [0.1, 0.15) is 27.3 Å². The van der Waals surface area contributed by atoms with E-state index in [0.29, 0.717) is 17.1 Å². The number of aromatic nitrogens is 3. The Bertz CT molecular complexity index is 1200. The van der Waals surface area contributed by atoms with Crippen LogP contribution in [0.3, 0.4) is 0 Å². The largest absolute Gasteiger partial charge is 0.480 e. The molecule has 1 amide bonds. The summed E-state index contributed by atoms with van der Waals surface area (Å²) in [6, 6.07) is 8.41. The van der Waals surface area contributed by atoms with Gasteiger partial charge in [-0.2, -0.15) is 5.10 Å². The van der Waals surface area contributed by atoms with Crippen molar-refractivity contribution < 1.29 is 17.9 Å². The summed E-state index contributed by atoms with van der Waals surface area (Å²) >= 11 is 0. The lowest BCUT2D eigenvalue weighted by molar-refractivity contribution is 0.101. The molecule has 0 saturated carbocycles. The molecule has 0 saturated heterocycles. The molecule has 3 aromatic rings. The van der Waals surface area contributed by atoms with E-state index < -0.39 is 15.9 Å². The summed E-state index contributed by atoms with van der Waals surface area (Å²) in [6.45, 7) is 5.40. The molecule has 0 aliphatic heterocycles. The molecule has 0 aliphatic rings. The quantitative estimate of drug-likeness (QED) is 0.623. The number of methoxy groups -OCH3 is 1. The van der Waals surface area contributed by atoms with Gasteiger partial charge in [0.25, 0.3) is 15.9 Å². The summed E-state index contributed by atoms with van der Waals surface area (Å²) in [5.41, 5.74) is 3.28. The van der Waals surface area contributed by atoms with Crippen LogP contribution in [0.4, 0.5) is 11.4 Å². The third kappa shape index (κ3) is 4.28. The Balaban J connectivity index is 1.96. The van der Waals surface area contributed by atoms with E-state index in [-0.39, 0.29) is 16.5 Å². The Morgan fingerprint density at radius 2 is 1.80 bits per heavy atom. The van der Waals surface area contributed by atoms with Crippen LogP contribution in [0.25, 0.3) is 0 Å². The van der Waals surface area contributed by atoms with Gasteiger partial charge in [-0.05, 0) is 44.0 Å². The van der Waals surface area contributed by atoms with E-state index in [1.807, 2.05) is 32.0 Å². The highest BCUT2D eigenvalue weighted by Crippen LogP contribution is 2.29. The van der Waals surface area contributed by atoms with Crippen molar-refractivity contribution in [1.82, 2.24) is 14.8 Å². The van der Waals surface area contributed by atoms with Crippen molar-refractivity contribution in [3.8, 4) is 5.88 Å². The maximum absolute atomic E-state index is 13.1. The predicted octanol–water partition coefficient (Wildman–Crippen LogP) is 2.80. The van der Waals surface area contributed by atoms with Crippen molar-refractivity contribution in [1.29, 1.82) is 0 Å². The summed E-state index contributed by atoms with van der Waals surface area (Å²) in [5.74, 6) is -0.515. The number of hydrogen-bond acceptors (Lipinski definition) is 6. The van der Waals surface area contributed by atoms with Crippen LogP contribution in [0.5, 0.6) is 5.88 Å². The second-order valence-electron chi connectivity index (χ2n) is 6.85. The maximum atomic E-state index is 13.1. The number of benzene rings is 1. The van der Waals surface area contributed by atoms with E-state index in [2.05, 4.69) is 20.1 Å². The summed E-state index contributed by atoms with van der Waals surface area (Å²) in [6.07, 6.45) is 1.33. The van der Waals surface area contributed by atoms with Crippen molar-refractivity contribution in [2.75, 3.05) is 17.1 Å². The summed E-state index contributed by atoms with van der Waals surface area (Å²) < 4.78 is 35.4. The van der Waals surface area contributed by atoms with E-state index >= 15 is 0 Å². The number of hydrogen-bond donors (Lipinski definition) is 2. The van der Waals surface area contributed by atoms with Crippen LogP contribution >= 0.6 is 0 Å². The van der Waals surface area contributed by atoms with E-state index in [9.17, 15) is 13.2 Å². The van der Waals surface area contributed by atoms with Gasteiger partial charge >= 0.3 is 0 Å². The van der Waals surface area contributed by atoms with Crippen molar-refractivity contribution in [3.05, 3.63) is 59.0 Å². The van der Waals surface area contributed by atoms with Crippen molar-refractivity contribution >= 4 is 27.3 Å². The normalized spacial score (nSPS) is 11.2. The summed E-state index contributed by atoms with van der Waals surface area (Å²) in [4.78, 5) is 16.4. The van der Waals surface area contributed by atoms with Gasteiger partial charge in [-0.1, -0.05) is 18.2 Å². The Kier molecular flexibility index (Phi) is 5.79. The first-order valence-electron chi connectivity index (χ1n) is 9.07. The number of sulfonamides is 1. The minimum Gasteiger partial charge on any atom is -0.480 e. The molecule has 2 aromatic heterocycles. The molecule has 158 valence electrons. The summed E-state index contributed by atoms with van der Waals surface area (Å²) in [5, 5.41) is 6.79. The fraction of sp³-hybridized carbons (Fsp3) is 0.250. The monoisotopic (exact) mass is 429 g/mol. The lowest BCUT2D eigenvalue weighted by Gasteiger charge is -2.15. The number of amides is 1. The van der Waals surface area contributed by atoms with Crippen LogP contribution in [-0.2, 0) is 17.1 Å². The van der Waals surface area contributed by atoms with Crippen LogP contribution in [0, 0.1) is 20.8 Å². The second-order valence-corrected chi connectivity index (χ2v) is 8.50. The first kappa shape index (κ1) is 21.3. The van der Waals surface area contributed by atoms with Crippen molar-refractivity contribution in [3.63, 3.8) is 0 Å². The van der Waals surface area contributed by atoms with Gasteiger partial charge in [0, 0.05) is 7.05 Å². The zero-order chi connectivity index (χ0) is 22.1. The number of pyridine rings is 1. The third-order valence-corrected chi connectivity index (χ3v) is 5.86. The molecular weight excluding hydrogens is 406 g/mol. The van der Waals surface area contributed by atoms with Gasteiger partial charge in [-0.25, -0.2) is 13.4 Å². The maximum Gasteiger partial charge on any atom is 0.273 e. The molecule has 10 heteroatoms. The molecule has 2 N–H and O–H groups in total. The number of carbonyl (C=O) groups excluding carboxylic acids is 1. The molecule has 3 rings (SSSR count). The number of carbonyl (C=O) groups is 1. The van der Waals surface area contributed by atoms with Gasteiger partial charge in [0.15, 0.2) is 4.90 Å². The Hall–Kier alpha value is -3.40. The number of aryl methyl sites for hydroxylation is 4. The van der Waals surface area contributed by atoms with Crippen LogP contribution in [0.2, 0.25) is 0 Å². The molecule has 2 heterocycles. The van der Waals surface area contributed by atoms with Crippen molar-refractivity contribution in [2.45, 2.75) is 25.7 Å². The molecule has 9 nitrogen and oxygen atoms in total. The second kappa shape index (κ2) is 8.15. The van der Waals surface area contributed by atoms with Crippen LogP contribution in [-0.4, -0.2) is 36.2 Å². The molecule has 0 atom stereocenters. The minimum atomic E-state index is -4.03. The van der Waals surface area contributed by atoms with Crippen LogP contribution in [0.15, 0.2) is 41.4 Å². The number of ether oxygens (including phenoxy) is 1. The SMILES string of the molecule is COc1ncc(NC(=O)c2cc(C)nn2C)cc1S(=O)(=O)Nc1c(C)cccc1C. The zero-order valence-corrected chi connectivity index (χ0v) is 18.2. The number of rotatable bonds is 6. The molecule has 0 spiro atoms. The number of anilines is 2. The van der Waals surface area contributed by atoms with E-state index in [4.69, 9.17) is 4.74 Å². The first-order chi connectivity index (χ1) is 14.1. The fourth-order valence-electron chi connectivity index (χ4n) is 3.03. The Morgan fingerprint density at radius 1 is 1.13 bits per heavy atom. The highest BCUT2D eigenvalue weighted by atomic mass is 32.2. The molecular formula is C20H23N5O4S. The highest BCUT2D eigenvalue weighted by molar-refractivity contribution is 7.92. The van der Waals surface area contributed by atoms with Crippen molar-refractivity contribution in [2.24, 2.45) is 7.05 Å². The molecule has 0 aliphatic carbocycles. The first-order valence-corrected chi connectivity index (χ1v) is 10.6. The summed E-state index contributed by atoms with van der Waals surface area (Å²) in [7, 11) is -1.05. The molecule has 0 radical (unpaired) electrons. The fourth-order valence-corrected chi connectivity index (χ4v) is 4.38. The standard InChI is InChI=1S/C20H23N5O4S/c1-12-7-6-8-13(2)18(12)24-30(27,28)17-10-15(11-21-20(17)29-5)22-19(26)16-9-14(3)23-25(16)4/h6-11,24H,1-5H3,(H,22,26). The van der Waals surface area contributed by atoms with E-state index in [1.54, 1.807) is 20.0 Å². The van der Waals surface area contributed by atoms with Gasteiger partial charge in [0.05, 0.1) is 30.4 Å². The average Bonchev–Trinajstić information content (AvgIpc) is 3.03. The zero-order valence-electron chi connectivity index (χ0n) is 17.3. The Morgan fingerprint density at radius 3 is 2.37 bits per heavy atom. The van der Waals surface area contributed by atoms with Gasteiger partial charge in [-0.15, -0.1) is 0 Å². The number of nitrogens with zero attached hydrogens (tertiary/aromatic N) is 3.